The fourth-order valence-corrected chi connectivity index (χ4v) is 3.68. The molecular formula is C26H28N2O4. The summed E-state index contributed by atoms with van der Waals surface area (Å²) in [7, 11) is 0. The molecule has 2 N–H and O–H groups in total. The van der Waals surface area contributed by atoms with E-state index in [1.807, 2.05) is 91.0 Å². The Morgan fingerprint density at radius 3 is 1.72 bits per heavy atom. The molecule has 1 aliphatic rings. The Morgan fingerprint density at radius 1 is 0.688 bits per heavy atom. The first-order valence-corrected chi connectivity index (χ1v) is 10.7. The maximum Gasteiger partial charge on any atom is 0.153 e. The van der Waals surface area contributed by atoms with Gasteiger partial charge in [-0.2, -0.15) is 0 Å². The van der Waals surface area contributed by atoms with Gasteiger partial charge < -0.3 is 14.2 Å². The molecule has 3 atom stereocenters. The highest BCUT2D eigenvalue weighted by Gasteiger charge is 2.41. The Labute approximate surface area is 188 Å². The van der Waals surface area contributed by atoms with Gasteiger partial charge in [-0.1, -0.05) is 91.0 Å². The highest BCUT2D eigenvalue weighted by atomic mass is 16.6. The second-order valence-electron chi connectivity index (χ2n) is 7.67. The van der Waals surface area contributed by atoms with E-state index in [2.05, 4.69) is 10.5 Å². The molecule has 6 nitrogen and oxygen atoms in total. The van der Waals surface area contributed by atoms with Crippen LogP contribution in [0.2, 0.25) is 0 Å². The molecule has 32 heavy (non-hydrogen) atoms. The predicted molar refractivity (Wildman–Crippen MR) is 122 cm³/mol. The van der Waals surface area contributed by atoms with Crippen molar-refractivity contribution < 1.29 is 19.4 Å². The van der Waals surface area contributed by atoms with Crippen LogP contribution in [0.15, 0.2) is 96.0 Å². The lowest BCUT2D eigenvalue weighted by molar-refractivity contribution is -0.0712. The normalized spacial score (nSPS) is 20.2. The molecule has 0 aliphatic carbocycles. The van der Waals surface area contributed by atoms with Gasteiger partial charge in [-0.05, 0) is 16.7 Å². The highest BCUT2D eigenvalue weighted by molar-refractivity contribution is 5.88. The van der Waals surface area contributed by atoms with Gasteiger partial charge in [-0.3, -0.25) is 15.7 Å². The van der Waals surface area contributed by atoms with E-state index in [0.29, 0.717) is 32.3 Å². The molecule has 3 aromatic carbocycles. The minimum absolute atomic E-state index is 0.308. The third-order valence-corrected chi connectivity index (χ3v) is 5.32. The number of nitrogens with zero attached hydrogens (tertiary/aromatic N) is 1. The number of aliphatic imine (C=N–C) groups is 1. The molecule has 0 amide bonds. The first-order chi connectivity index (χ1) is 15.8. The maximum absolute atomic E-state index is 9.70. The van der Waals surface area contributed by atoms with Crippen molar-refractivity contribution in [1.29, 1.82) is 0 Å². The van der Waals surface area contributed by atoms with Gasteiger partial charge in [0, 0.05) is 0 Å². The molecule has 0 spiro atoms. The smallest absolute Gasteiger partial charge is 0.153 e. The largest absolute Gasteiger partial charge is 0.374 e. The second-order valence-corrected chi connectivity index (χ2v) is 7.67. The molecule has 6 heteroatoms. The average Bonchev–Trinajstić information content (AvgIpc) is 3.19. The van der Waals surface area contributed by atoms with Crippen LogP contribution in [-0.2, 0) is 34.0 Å². The van der Waals surface area contributed by atoms with Crippen LogP contribution < -0.4 is 5.48 Å². The lowest BCUT2D eigenvalue weighted by Crippen LogP contribution is -2.43. The molecule has 0 bridgehead atoms. The van der Waals surface area contributed by atoms with E-state index in [9.17, 15) is 5.21 Å². The summed E-state index contributed by atoms with van der Waals surface area (Å²) in [6.45, 7) is 1.63. The molecule has 0 radical (unpaired) electrons. The Hall–Kier alpha value is -3.03. The zero-order valence-electron chi connectivity index (χ0n) is 17.8. The van der Waals surface area contributed by atoms with Crippen LogP contribution in [-0.4, -0.2) is 35.9 Å². The third kappa shape index (κ3) is 6.02. The molecule has 0 aromatic heterocycles. The number of amidine groups is 1. The number of nitrogens with one attached hydrogen (secondary N) is 1. The van der Waals surface area contributed by atoms with E-state index in [4.69, 9.17) is 14.2 Å². The summed E-state index contributed by atoms with van der Waals surface area (Å²) in [5, 5.41) is 9.70. The molecule has 1 heterocycles. The van der Waals surface area contributed by atoms with Crippen LogP contribution in [0, 0.1) is 0 Å². The summed E-state index contributed by atoms with van der Waals surface area (Å²) in [6.07, 6.45) is -0.932. The zero-order chi connectivity index (χ0) is 22.0. The Balaban J connectivity index is 1.43. The van der Waals surface area contributed by atoms with Crippen LogP contribution in [0.1, 0.15) is 16.7 Å². The van der Waals surface area contributed by atoms with Crippen molar-refractivity contribution in [2.45, 2.75) is 38.1 Å². The zero-order valence-corrected chi connectivity index (χ0v) is 17.8. The van der Waals surface area contributed by atoms with Gasteiger partial charge in [0.2, 0.25) is 0 Å². The van der Waals surface area contributed by atoms with Crippen LogP contribution in [0.25, 0.3) is 0 Å². The van der Waals surface area contributed by atoms with Crippen LogP contribution in [0.3, 0.4) is 0 Å². The van der Waals surface area contributed by atoms with E-state index in [1.165, 1.54) is 0 Å². The quantitative estimate of drug-likeness (QED) is 0.471. The molecule has 1 aliphatic heterocycles. The first-order valence-electron chi connectivity index (χ1n) is 10.7. The highest BCUT2D eigenvalue weighted by Crippen LogP contribution is 2.24. The third-order valence-electron chi connectivity index (χ3n) is 5.32. The van der Waals surface area contributed by atoms with E-state index in [-0.39, 0.29) is 6.04 Å². The SMILES string of the molecule is ONC1=N[C@H](COCc2ccccc2)[C@@H](OCc2ccccc2)[C@@H]1OCc1ccccc1. The molecule has 0 unspecified atom stereocenters. The minimum Gasteiger partial charge on any atom is -0.374 e. The van der Waals surface area contributed by atoms with E-state index in [0.717, 1.165) is 16.7 Å². The molecule has 0 fully saturated rings. The van der Waals surface area contributed by atoms with Gasteiger partial charge in [0.1, 0.15) is 18.2 Å². The second kappa shape index (κ2) is 11.5. The molecule has 0 saturated heterocycles. The number of hydrogen-bond acceptors (Lipinski definition) is 6. The fourth-order valence-electron chi connectivity index (χ4n) is 3.68. The van der Waals surface area contributed by atoms with Gasteiger partial charge in [-0.15, -0.1) is 0 Å². The number of benzene rings is 3. The van der Waals surface area contributed by atoms with Crippen LogP contribution in [0.4, 0.5) is 0 Å². The van der Waals surface area contributed by atoms with Crippen molar-refractivity contribution in [2.24, 2.45) is 4.99 Å². The van der Waals surface area contributed by atoms with E-state index >= 15 is 0 Å². The fraction of sp³-hybridized carbons (Fsp3) is 0.269. The standard InChI is InChI=1S/C26H28N2O4/c29-28-26-25(32-18-22-14-8-3-9-15-22)24(31-17-21-12-6-2-7-13-21)23(27-26)19-30-16-20-10-4-1-5-11-20/h1-15,23-25,29H,16-19H2,(H,27,28)/t23-,24-,25+/m1/s1. The van der Waals surface area contributed by atoms with Gasteiger partial charge >= 0.3 is 0 Å². The number of ether oxygens (including phenoxy) is 3. The minimum atomic E-state index is -0.533. The maximum atomic E-state index is 9.70. The summed E-state index contributed by atoms with van der Waals surface area (Å²) in [5.41, 5.74) is 5.39. The molecule has 166 valence electrons. The lowest BCUT2D eigenvalue weighted by Gasteiger charge is -2.25. The summed E-state index contributed by atoms with van der Waals surface area (Å²) in [4.78, 5) is 4.61. The van der Waals surface area contributed by atoms with Gasteiger partial charge in [0.05, 0.1) is 26.4 Å². The Morgan fingerprint density at radius 2 is 1.19 bits per heavy atom. The van der Waals surface area contributed by atoms with Crippen LogP contribution >= 0.6 is 0 Å². The van der Waals surface area contributed by atoms with Crippen molar-refractivity contribution in [3.05, 3.63) is 108 Å². The lowest BCUT2D eigenvalue weighted by atomic mass is 10.1. The van der Waals surface area contributed by atoms with Crippen molar-refractivity contribution >= 4 is 5.84 Å². The van der Waals surface area contributed by atoms with E-state index < -0.39 is 12.2 Å². The summed E-state index contributed by atoms with van der Waals surface area (Å²) < 4.78 is 18.4. The van der Waals surface area contributed by atoms with Crippen molar-refractivity contribution in [1.82, 2.24) is 5.48 Å². The van der Waals surface area contributed by atoms with Crippen LogP contribution in [0.5, 0.6) is 0 Å². The molecular weight excluding hydrogens is 404 g/mol. The summed E-state index contributed by atoms with van der Waals surface area (Å²) in [5.74, 6) is 0.354. The first kappa shape index (κ1) is 22.2. The van der Waals surface area contributed by atoms with Gasteiger partial charge in [-0.25, -0.2) is 0 Å². The predicted octanol–water partition coefficient (Wildman–Crippen LogP) is 4.13. The summed E-state index contributed by atoms with van der Waals surface area (Å²) >= 11 is 0. The molecule has 3 aromatic rings. The monoisotopic (exact) mass is 432 g/mol. The molecule has 0 saturated carbocycles. The average molecular weight is 433 g/mol. The van der Waals surface area contributed by atoms with Crippen molar-refractivity contribution in [3.63, 3.8) is 0 Å². The number of hydroxylamine groups is 1. The Bertz CT molecular complexity index is 967. The van der Waals surface area contributed by atoms with Gasteiger partial charge in [0.15, 0.2) is 5.84 Å². The summed E-state index contributed by atoms with van der Waals surface area (Å²) in [6, 6.07) is 29.6. The number of hydrogen-bond donors (Lipinski definition) is 2. The van der Waals surface area contributed by atoms with Gasteiger partial charge in [0.25, 0.3) is 0 Å². The Kier molecular flexibility index (Phi) is 8.00. The number of rotatable bonds is 10. The van der Waals surface area contributed by atoms with Crippen molar-refractivity contribution in [3.8, 4) is 0 Å². The van der Waals surface area contributed by atoms with E-state index in [1.54, 1.807) is 0 Å². The van der Waals surface area contributed by atoms with Crippen molar-refractivity contribution in [2.75, 3.05) is 6.61 Å². The molecule has 4 rings (SSSR count). The topological polar surface area (TPSA) is 72.3 Å².